The zero-order chi connectivity index (χ0) is 13.3. The van der Waals surface area contributed by atoms with E-state index in [4.69, 9.17) is 9.52 Å². The van der Waals surface area contributed by atoms with E-state index in [2.05, 4.69) is 0 Å². The van der Waals surface area contributed by atoms with Gasteiger partial charge in [0.1, 0.15) is 12.2 Å². The van der Waals surface area contributed by atoms with Crippen molar-refractivity contribution in [3.63, 3.8) is 0 Å². The number of hydrogen-bond donors (Lipinski definition) is 1. The SMILES string of the molecule is Cc1coc(CC(=O)O)c1C(=O)N1CCCC1C. The number of carboxylic acid groups (broad SMARTS) is 1. The number of rotatable bonds is 3. The van der Waals surface area contributed by atoms with Crippen molar-refractivity contribution < 1.29 is 19.1 Å². The maximum Gasteiger partial charge on any atom is 0.311 e. The van der Waals surface area contributed by atoms with Crippen LogP contribution in [0, 0.1) is 6.92 Å². The van der Waals surface area contributed by atoms with Crippen LogP contribution in [0.25, 0.3) is 0 Å². The first kappa shape index (κ1) is 12.7. The molecular weight excluding hydrogens is 234 g/mol. The molecule has 1 aliphatic heterocycles. The number of amides is 1. The lowest BCUT2D eigenvalue weighted by Gasteiger charge is -2.21. The maximum absolute atomic E-state index is 12.4. The molecule has 5 nitrogen and oxygen atoms in total. The van der Waals surface area contributed by atoms with E-state index in [0.717, 1.165) is 19.4 Å². The van der Waals surface area contributed by atoms with E-state index in [-0.39, 0.29) is 24.1 Å². The second kappa shape index (κ2) is 4.84. The second-order valence-corrected chi connectivity index (χ2v) is 4.78. The van der Waals surface area contributed by atoms with Crippen molar-refractivity contribution in [3.05, 3.63) is 23.2 Å². The molecule has 1 aliphatic rings. The molecule has 1 N–H and O–H groups in total. The van der Waals surface area contributed by atoms with Gasteiger partial charge in [0, 0.05) is 18.2 Å². The topological polar surface area (TPSA) is 70.7 Å². The highest BCUT2D eigenvalue weighted by Gasteiger charge is 2.30. The molecule has 0 radical (unpaired) electrons. The average molecular weight is 251 g/mol. The molecule has 18 heavy (non-hydrogen) atoms. The second-order valence-electron chi connectivity index (χ2n) is 4.78. The van der Waals surface area contributed by atoms with Crippen LogP contribution < -0.4 is 0 Å². The van der Waals surface area contributed by atoms with Gasteiger partial charge in [0.25, 0.3) is 5.91 Å². The summed E-state index contributed by atoms with van der Waals surface area (Å²) in [7, 11) is 0. The molecule has 1 atom stereocenters. The first-order chi connectivity index (χ1) is 8.50. The van der Waals surface area contributed by atoms with Crippen molar-refractivity contribution in [2.24, 2.45) is 0 Å². The summed E-state index contributed by atoms with van der Waals surface area (Å²) in [5.74, 6) is -0.848. The molecule has 0 bridgehead atoms. The van der Waals surface area contributed by atoms with Gasteiger partial charge in [0.2, 0.25) is 0 Å². The number of hydrogen-bond acceptors (Lipinski definition) is 3. The standard InChI is InChI=1S/C13H17NO4/c1-8-7-18-10(6-11(15)16)12(8)13(17)14-5-3-4-9(14)2/h7,9H,3-6H2,1-2H3,(H,15,16). The summed E-state index contributed by atoms with van der Waals surface area (Å²) >= 11 is 0. The number of carbonyl (C=O) groups excluding carboxylic acids is 1. The van der Waals surface area contributed by atoms with Gasteiger partial charge in [-0.2, -0.15) is 0 Å². The van der Waals surface area contributed by atoms with Crippen molar-refractivity contribution in [1.29, 1.82) is 0 Å². The summed E-state index contributed by atoms with van der Waals surface area (Å²) in [6, 6.07) is 0.212. The molecular formula is C13H17NO4. The lowest BCUT2D eigenvalue weighted by molar-refractivity contribution is -0.136. The lowest BCUT2D eigenvalue weighted by Crippen LogP contribution is -2.34. The summed E-state index contributed by atoms with van der Waals surface area (Å²) in [5.41, 5.74) is 1.13. The van der Waals surface area contributed by atoms with E-state index in [1.807, 2.05) is 6.92 Å². The van der Waals surface area contributed by atoms with Crippen molar-refractivity contribution in [2.75, 3.05) is 6.54 Å². The van der Waals surface area contributed by atoms with Gasteiger partial charge >= 0.3 is 5.97 Å². The first-order valence-corrected chi connectivity index (χ1v) is 6.10. The number of aliphatic carboxylic acids is 1. The molecule has 0 saturated carbocycles. The number of carboxylic acids is 1. The third-order valence-electron chi connectivity index (χ3n) is 3.39. The molecule has 98 valence electrons. The number of nitrogens with zero attached hydrogens (tertiary/aromatic N) is 1. The van der Waals surface area contributed by atoms with Gasteiger partial charge < -0.3 is 14.4 Å². The maximum atomic E-state index is 12.4. The van der Waals surface area contributed by atoms with Crippen LogP contribution in [-0.4, -0.2) is 34.5 Å². The summed E-state index contributed by atoms with van der Waals surface area (Å²) in [4.78, 5) is 25.0. The highest BCUT2D eigenvalue weighted by atomic mass is 16.4. The molecule has 2 rings (SSSR count). The van der Waals surface area contributed by atoms with Gasteiger partial charge in [0.05, 0.1) is 11.8 Å². The predicted octanol–water partition coefficient (Wildman–Crippen LogP) is 1.84. The number of furan rings is 1. The molecule has 1 aromatic rings. The fourth-order valence-electron chi connectivity index (χ4n) is 2.43. The van der Waals surface area contributed by atoms with Crippen LogP contribution in [0.4, 0.5) is 0 Å². The number of aryl methyl sites for hydroxylation is 1. The largest absolute Gasteiger partial charge is 0.481 e. The molecule has 0 aromatic carbocycles. The first-order valence-electron chi connectivity index (χ1n) is 6.10. The molecule has 1 amide bonds. The van der Waals surface area contributed by atoms with Gasteiger partial charge in [-0.25, -0.2) is 0 Å². The average Bonchev–Trinajstić information content (AvgIpc) is 2.84. The number of carbonyl (C=O) groups is 2. The van der Waals surface area contributed by atoms with E-state index in [1.165, 1.54) is 6.26 Å². The summed E-state index contributed by atoms with van der Waals surface area (Å²) in [6.07, 6.45) is 3.19. The Hall–Kier alpha value is -1.78. The summed E-state index contributed by atoms with van der Waals surface area (Å²) < 4.78 is 5.19. The smallest absolute Gasteiger partial charge is 0.311 e. The van der Waals surface area contributed by atoms with Crippen LogP contribution in [-0.2, 0) is 11.2 Å². The van der Waals surface area contributed by atoms with Crippen molar-refractivity contribution in [2.45, 2.75) is 39.2 Å². The van der Waals surface area contributed by atoms with Crippen LogP contribution in [0.1, 0.15) is 41.4 Å². The van der Waals surface area contributed by atoms with Crippen molar-refractivity contribution in [3.8, 4) is 0 Å². The molecule has 5 heteroatoms. The normalized spacial score (nSPS) is 19.2. The molecule has 1 aromatic heterocycles. The quantitative estimate of drug-likeness (QED) is 0.889. The monoisotopic (exact) mass is 251 g/mol. The van der Waals surface area contributed by atoms with E-state index < -0.39 is 5.97 Å². The summed E-state index contributed by atoms with van der Waals surface area (Å²) in [5, 5.41) is 8.81. The molecule has 1 saturated heterocycles. The van der Waals surface area contributed by atoms with Gasteiger partial charge in [-0.1, -0.05) is 0 Å². The Morgan fingerprint density at radius 3 is 2.83 bits per heavy atom. The molecule has 0 aliphatic carbocycles. The van der Waals surface area contributed by atoms with Crippen LogP contribution >= 0.6 is 0 Å². The summed E-state index contributed by atoms with van der Waals surface area (Å²) in [6.45, 7) is 4.51. The molecule has 1 fully saturated rings. The zero-order valence-corrected chi connectivity index (χ0v) is 10.6. The fourth-order valence-corrected chi connectivity index (χ4v) is 2.43. The van der Waals surface area contributed by atoms with E-state index in [1.54, 1.807) is 11.8 Å². The van der Waals surface area contributed by atoms with Gasteiger partial charge in [0.15, 0.2) is 0 Å². The highest BCUT2D eigenvalue weighted by Crippen LogP contribution is 2.24. The van der Waals surface area contributed by atoms with E-state index in [9.17, 15) is 9.59 Å². The van der Waals surface area contributed by atoms with Gasteiger partial charge in [-0.05, 0) is 26.7 Å². The Labute approximate surface area is 105 Å². The predicted molar refractivity (Wildman–Crippen MR) is 64.5 cm³/mol. The Kier molecular flexibility index (Phi) is 3.41. The van der Waals surface area contributed by atoms with Crippen LogP contribution in [0.3, 0.4) is 0 Å². The Balaban J connectivity index is 2.29. The Bertz CT molecular complexity index is 477. The van der Waals surface area contributed by atoms with Crippen molar-refractivity contribution >= 4 is 11.9 Å². The minimum absolute atomic E-state index is 0.109. The van der Waals surface area contributed by atoms with Crippen LogP contribution in [0.5, 0.6) is 0 Å². The zero-order valence-electron chi connectivity index (χ0n) is 10.6. The fraction of sp³-hybridized carbons (Fsp3) is 0.538. The van der Waals surface area contributed by atoms with Crippen LogP contribution in [0.15, 0.2) is 10.7 Å². The minimum Gasteiger partial charge on any atom is -0.481 e. The Morgan fingerprint density at radius 1 is 1.56 bits per heavy atom. The van der Waals surface area contributed by atoms with Crippen LogP contribution in [0.2, 0.25) is 0 Å². The van der Waals surface area contributed by atoms with Crippen molar-refractivity contribution in [1.82, 2.24) is 4.90 Å². The van der Waals surface area contributed by atoms with E-state index in [0.29, 0.717) is 11.1 Å². The Morgan fingerprint density at radius 2 is 2.28 bits per heavy atom. The molecule has 0 spiro atoms. The lowest BCUT2D eigenvalue weighted by atomic mass is 10.1. The number of likely N-dealkylation sites (tertiary alicyclic amines) is 1. The molecule has 1 unspecified atom stereocenters. The third kappa shape index (κ3) is 2.25. The van der Waals surface area contributed by atoms with E-state index >= 15 is 0 Å². The minimum atomic E-state index is -0.993. The van der Waals surface area contributed by atoms with Gasteiger partial charge in [-0.15, -0.1) is 0 Å². The highest BCUT2D eigenvalue weighted by molar-refractivity contribution is 5.97. The molecule has 2 heterocycles. The third-order valence-corrected chi connectivity index (χ3v) is 3.39. The van der Waals surface area contributed by atoms with Gasteiger partial charge in [-0.3, -0.25) is 9.59 Å².